The van der Waals surface area contributed by atoms with Crippen LogP contribution in [0.3, 0.4) is 0 Å². The fourth-order valence-electron chi connectivity index (χ4n) is 1.66. The van der Waals surface area contributed by atoms with Crippen LogP contribution >= 0.6 is 12.2 Å². The lowest BCUT2D eigenvalue weighted by Gasteiger charge is -2.13. The molecule has 0 heterocycles. The van der Waals surface area contributed by atoms with E-state index in [0.717, 1.165) is 30.2 Å². The average molecular weight is 298 g/mol. The molecule has 0 aliphatic rings. The molecule has 3 N–H and O–H groups in total. The maximum atomic E-state index is 5.27. The standard InChI is InChI=1S/C14H23N3O2S/c1-17(2)8-7-15-14(20)16-10-11-5-6-12(18-3)13(9-11)19-4/h5-6,9H,7-8,10H2,1-4H3,(H2,15,16,20)/p+1. The molecule has 1 aromatic rings. The Morgan fingerprint density at radius 1 is 1.15 bits per heavy atom. The van der Waals surface area contributed by atoms with Crippen LogP contribution in [0, 0.1) is 0 Å². The van der Waals surface area contributed by atoms with Gasteiger partial charge in [0.05, 0.1) is 41.4 Å². The molecular weight excluding hydrogens is 274 g/mol. The summed E-state index contributed by atoms with van der Waals surface area (Å²) >= 11 is 5.23. The zero-order valence-electron chi connectivity index (χ0n) is 12.6. The van der Waals surface area contributed by atoms with Gasteiger partial charge in [0, 0.05) is 6.54 Å². The Labute approximate surface area is 126 Å². The number of rotatable bonds is 7. The zero-order chi connectivity index (χ0) is 15.0. The number of benzene rings is 1. The Balaban J connectivity index is 2.43. The quantitative estimate of drug-likeness (QED) is 0.609. The number of thiocarbonyl (C=S) groups is 1. The van der Waals surface area contributed by atoms with E-state index in [1.54, 1.807) is 14.2 Å². The minimum absolute atomic E-state index is 0.654. The van der Waals surface area contributed by atoms with Gasteiger partial charge < -0.3 is 25.0 Å². The fourth-order valence-corrected chi connectivity index (χ4v) is 1.84. The van der Waals surface area contributed by atoms with Crippen molar-refractivity contribution in [3.8, 4) is 11.5 Å². The third-order valence-corrected chi connectivity index (χ3v) is 3.10. The lowest BCUT2D eigenvalue weighted by molar-refractivity contribution is -0.856. The largest absolute Gasteiger partial charge is 0.493 e. The monoisotopic (exact) mass is 298 g/mol. The summed E-state index contributed by atoms with van der Waals surface area (Å²) in [4.78, 5) is 1.39. The van der Waals surface area contributed by atoms with E-state index < -0.39 is 0 Å². The predicted octanol–water partition coefficient (Wildman–Crippen LogP) is -0.188. The van der Waals surface area contributed by atoms with E-state index in [1.807, 2.05) is 18.2 Å². The topological polar surface area (TPSA) is 47.0 Å². The van der Waals surface area contributed by atoms with Crippen molar-refractivity contribution in [2.45, 2.75) is 6.54 Å². The summed E-state index contributed by atoms with van der Waals surface area (Å²) in [5.74, 6) is 1.45. The van der Waals surface area contributed by atoms with E-state index in [2.05, 4.69) is 24.7 Å². The first-order valence-electron chi connectivity index (χ1n) is 6.58. The summed E-state index contributed by atoms with van der Waals surface area (Å²) < 4.78 is 10.5. The number of quaternary nitrogens is 1. The number of methoxy groups -OCH3 is 2. The van der Waals surface area contributed by atoms with Gasteiger partial charge in [0.1, 0.15) is 0 Å². The zero-order valence-corrected chi connectivity index (χ0v) is 13.4. The highest BCUT2D eigenvalue weighted by Gasteiger charge is 2.05. The second kappa shape index (κ2) is 8.60. The summed E-state index contributed by atoms with van der Waals surface area (Å²) in [5, 5.41) is 7.02. The lowest BCUT2D eigenvalue weighted by atomic mass is 10.2. The molecule has 1 aromatic carbocycles. The lowest BCUT2D eigenvalue weighted by Crippen LogP contribution is -3.06. The Morgan fingerprint density at radius 3 is 2.45 bits per heavy atom. The van der Waals surface area contributed by atoms with Gasteiger partial charge in [0.15, 0.2) is 16.6 Å². The molecule has 0 aliphatic carbocycles. The normalized spacial score (nSPS) is 10.2. The summed E-state index contributed by atoms with van der Waals surface area (Å²) in [6, 6.07) is 5.82. The van der Waals surface area contributed by atoms with E-state index in [9.17, 15) is 0 Å². The van der Waals surface area contributed by atoms with Crippen LogP contribution in [0.25, 0.3) is 0 Å². The van der Waals surface area contributed by atoms with Gasteiger partial charge in [0.2, 0.25) is 0 Å². The molecule has 6 heteroatoms. The molecular formula is C14H24N3O2S+. The first-order valence-corrected chi connectivity index (χ1v) is 6.99. The third kappa shape index (κ3) is 5.63. The molecule has 0 unspecified atom stereocenters. The molecule has 0 radical (unpaired) electrons. The molecule has 0 amide bonds. The van der Waals surface area contributed by atoms with Crippen molar-refractivity contribution in [3.63, 3.8) is 0 Å². The first-order chi connectivity index (χ1) is 9.56. The van der Waals surface area contributed by atoms with Crippen LogP contribution in [-0.2, 0) is 6.54 Å². The van der Waals surface area contributed by atoms with Gasteiger partial charge in [-0.15, -0.1) is 0 Å². The number of likely N-dealkylation sites (N-methyl/N-ethyl adjacent to an activating group) is 1. The van der Waals surface area contributed by atoms with Gasteiger partial charge in [-0.2, -0.15) is 0 Å². The SMILES string of the molecule is COc1ccc(CNC(=S)NCC[NH+](C)C)cc1OC. The predicted molar refractivity (Wildman–Crippen MR) is 84.7 cm³/mol. The maximum Gasteiger partial charge on any atom is 0.166 e. The average Bonchev–Trinajstić information content (AvgIpc) is 2.44. The van der Waals surface area contributed by atoms with E-state index >= 15 is 0 Å². The van der Waals surface area contributed by atoms with Crippen molar-refractivity contribution in [2.75, 3.05) is 41.4 Å². The van der Waals surface area contributed by atoms with Crippen LogP contribution in [0.1, 0.15) is 5.56 Å². The minimum Gasteiger partial charge on any atom is -0.493 e. The van der Waals surface area contributed by atoms with Gasteiger partial charge in [-0.3, -0.25) is 0 Å². The van der Waals surface area contributed by atoms with Gasteiger partial charge in [0.25, 0.3) is 0 Å². The van der Waals surface area contributed by atoms with E-state index in [-0.39, 0.29) is 0 Å². The maximum absolute atomic E-state index is 5.27. The highest BCUT2D eigenvalue weighted by Crippen LogP contribution is 2.27. The van der Waals surface area contributed by atoms with Gasteiger partial charge in [-0.25, -0.2) is 0 Å². The van der Waals surface area contributed by atoms with E-state index in [4.69, 9.17) is 21.7 Å². The molecule has 112 valence electrons. The number of hydrogen-bond donors (Lipinski definition) is 3. The van der Waals surface area contributed by atoms with Crippen LogP contribution < -0.4 is 25.0 Å². The summed E-state index contributed by atoms with van der Waals surface area (Å²) in [6.45, 7) is 2.54. The first kappa shape index (κ1) is 16.5. The summed E-state index contributed by atoms with van der Waals surface area (Å²) in [5.41, 5.74) is 1.09. The molecule has 0 aromatic heterocycles. The minimum atomic E-state index is 0.654. The third-order valence-electron chi connectivity index (χ3n) is 2.81. The van der Waals surface area contributed by atoms with Gasteiger partial charge in [-0.1, -0.05) is 6.07 Å². The van der Waals surface area contributed by atoms with E-state index in [1.165, 1.54) is 4.90 Å². The van der Waals surface area contributed by atoms with Gasteiger partial charge in [-0.05, 0) is 29.9 Å². The number of nitrogens with one attached hydrogen (secondary N) is 3. The van der Waals surface area contributed by atoms with Crippen molar-refractivity contribution in [2.24, 2.45) is 0 Å². The van der Waals surface area contributed by atoms with Crippen molar-refractivity contribution in [1.82, 2.24) is 10.6 Å². The summed E-state index contributed by atoms with van der Waals surface area (Å²) in [7, 11) is 7.48. The molecule has 0 atom stereocenters. The Hall–Kier alpha value is -1.53. The van der Waals surface area contributed by atoms with Crippen LogP contribution in [0.5, 0.6) is 11.5 Å². The molecule has 0 spiro atoms. The second-order valence-electron chi connectivity index (χ2n) is 4.76. The van der Waals surface area contributed by atoms with Crippen LogP contribution in [0.2, 0.25) is 0 Å². The highest BCUT2D eigenvalue weighted by molar-refractivity contribution is 7.80. The molecule has 0 bridgehead atoms. The molecule has 0 saturated heterocycles. The fraction of sp³-hybridized carbons (Fsp3) is 0.500. The Bertz CT molecular complexity index is 438. The van der Waals surface area contributed by atoms with Crippen molar-refractivity contribution in [1.29, 1.82) is 0 Å². The molecule has 0 aliphatic heterocycles. The molecule has 20 heavy (non-hydrogen) atoms. The molecule has 5 nitrogen and oxygen atoms in total. The number of ether oxygens (including phenoxy) is 2. The molecule has 0 saturated carbocycles. The van der Waals surface area contributed by atoms with Crippen LogP contribution in [0.4, 0.5) is 0 Å². The molecule has 1 rings (SSSR count). The van der Waals surface area contributed by atoms with Crippen LogP contribution in [0.15, 0.2) is 18.2 Å². The second-order valence-corrected chi connectivity index (χ2v) is 5.16. The Kier molecular flexibility index (Phi) is 7.11. The molecule has 0 fully saturated rings. The van der Waals surface area contributed by atoms with Gasteiger partial charge >= 0.3 is 0 Å². The Morgan fingerprint density at radius 2 is 1.85 bits per heavy atom. The van der Waals surface area contributed by atoms with Crippen LogP contribution in [-0.4, -0.2) is 46.5 Å². The van der Waals surface area contributed by atoms with Crippen molar-refractivity contribution < 1.29 is 14.4 Å². The van der Waals surface area contributed by atoms with Crippen molar-refractivity contribution in [3.05, 3.63) is 23.8 Å². The number of hydrogen-bond acceptors (Lipinski definition) is 3. The smallest absolute Gasteiger partial charge is 0.166 e. The highest BCUT2D eigenvalue weighted by atomic mass is 32.1. The summed E-state index contributed by atoms with van der Waals surface area (Å²) in [6.07, 6.45) is 0. The van der Waals surface area contributed by atoms with E-state index in [0.29, 0.717) is 11.7 Å². The van der Waals surface area contributed by atoms with Crippen molar-refractivity contribution >= 4 is 17.3 Å².